The molecule has 0 saturated carbocycles. The number of aromatic hydroxyl groups is 1. The van der Waals surface area contributed by atoms with E-state index in [1.165, 1.54) is 5.56 Å². The van der Waals surface area contributed by atoms with E-state index < -0.39 is 20.8 Å². The molecule has 0 fully saturated rings. The van der Waals surface area contributed by atoms with Crippen LogP contribution in [0.5, 0.6) is 5.75 Å². The predicted molar refractivity (Wildman–Crippen MR) is 117 cm³/mol. The fourth-order valence-electron chi connectivity index (χ4n) is 3.05. The molecule has 0 bridgehead atoms. The van der Waals surface area contributed by atoms with Crippen LogP contribution in [0.2, 0.25) is 0 Å². The number of benzene rings is 3. The quantitative estimate of drug-likeness (QED) is 0.386. The van der Waals surface area contributed by atoms with E-state index in [4.69, 9.17) is 17.0 Å². The third-order valence-electron chi connectivity index (χ3n) is 4.56. The zero-order valence-corrected chi connectivity index (χ0v) is 20.1. The molecule has 3 rings (SSSR count). The van der Waals surface area contributed by atoms with Gasteiger partial charge in [0, 0.05) is 22.8 Å². The summed E-state index contributed by atoms with van der Waals surface area (Å²) in [6.07, 6.45) is 1.74. The predicted octanol–water partition coefficient (Wildman–Crippen LogP) is 7.15. The Morgan fingerprint density at radius 2 is 1.46 bits per heavy atom. The summed E-state index contributed by atoms with van der Waals surface area (Å²) in [5.74, 6) is 0.291. The van der Waals surface area contributed by atoms with Crippen LogP contribution in [0.15, 0.2) is 77.8 Å². The molecule has 0 unspecified atom stereocenters. The summed E-state index contributed by atoms with van der Waals surface area (Å²) in [6, 6.07) is 24.0. The molecule has 5 heteroatoms. The number of nitrogens with zero attached hydrogens (tertiary/aromatic N) is 1. The Hall–Kier alpha value is -1.41. The van der Waals surface area contributed by atoms with Gasteiger partial charge in [-0.1, -0.05) is 68.4 Å². The average Bonchev–Trinajstić information content (AvgIpc) is 2.70. The van der Waals surface area contributed by atoms with Gasteiger partial charge in [0.2, 0.25) is 0 Å². The number of aliphatic imine (C=N–C) groups is 1. The van der Waals surface area contributed by atoms with Crippen LogP contribution in [0, 0.1) is 6.92 Å². The number of aryl methyl sites for hydroxylation is 1. The Balaban J connectivity index is 0.000000878. The number of rotatable bonds is 4. The molecule has 0 heterocycles. The Labute approximate surface area is 185 Å². The van der Waals surface area contributed by atoms with Gasteiger partial charge in [-0.3, -0.25) is 4.99 Å². The van der Waals surface area contributed by atoms with Crippen LogP contribution in [0.1, 0.15) is 36.1 Å². The monoisotopic (exact) mass is 489 g/mol. The van der Waals surface area contributed by atoms with Crippen molar-refractivity contribution in [2.75, 3.05) is 0 Å². The van der Waals surface area contributed by atoms with Crippen molar-refractivity contribution in [2.45, 2.75) is 26.2 Å². The Kier molecular flexibility index (Phi) is 8.95. The number of hydrogen-bond donors (Lipinski definition) is 1. The van der Waals surface area contributed by atoms with E-state index in [9.17, 15) is 5.11 Å². The summed E-state index contributed by atoms with van der Waals surface area (Å²) in [5.41, 5.74) is 4.49. The van der Waals surface area contributed by atoms with Gasteiger partial charge >= 0.3 is 37.9 Å². The zero-order valence-electron chi connectivity index (χ0n) is 16.2. The van der Waals surface area contributed by atoms with Gasteiger partial charge in [-0.25, -0.2) is 0 Å². The van der Waals surface area contributed by atoms with E-state index in [2.05, 4.69) is 37.0 Å². The van der Waals surface area contributed by atoms with E-state index in [0.717, 1.165) is 22.4 Å². The van der Waals surface area contributed by atoms with Gasteiger partial charge in [0.25, 0.3) is 0 Å². The maximum atomic E-state index is 10.9. The molecule has 0 aliphatic heterocycles. The number of hydrogen-bond acceptors (Lipinski definition) is 2. The van der Waals surface area contributed by atoms with Crippen LogP contribution in [-0.4, -0.2) is 11.3 Å². The van der Waals surface area contributed by atoms with Crippen molar-refractivity contribution in [3.8, 4) is 5.75 Å². The second-order valence-corrected chi connectivity index (χ2v) is 10.6. The number of para-hydroxylation sites is 1. The van der Waals surface area contributed by atoms with Gasteiger partial charge in [-0.2, -0.15) is 0 Å². The summed E-state index contributed by atoms with van der Waals surface area (Å²) in [5, 5.41) is 10.9. The first-order valence-electron chi connectivity index (χ1n) is 8.85. The van der Waals surface area contributed by atoms with E-state index in [1.807, 2.05) is 61.5 Å². The van der Waals surface area contributed by atoms with Gasteiger partial charge < -0.3 is 5.11 Å². The molecule has 0 atom stereocenters. The van der Waals surface area contributed by atoms with Crippen LogP contribution in [0.4, 0.5) is 5.69 Å². The molecule has 3 aromatic carbocycles. The topological polar surface area (TPSA) is 32.6 Å². The molecule has 1 N–H and O–H groups in total. The minimum absolute atomic E-state index is 0.291. The van der Waals surface area contributed by atoms with Crippen molar-refractivity contribution in [1.29, 1.82) is 0 Å². The molecule has 0 aromatic heterocycles. The Bertz CT molecular complexity index is 913. The van der Waals surface area contributed by atoms with Crippen LogP contribution >= 0.6 is 17.0 Å². The van der Waals surface area contributed by atoms with Gasteiger partial charge in [0.05, 0.1) is 5.69 Å². The summed E-state index contributed by atoms with van der Waals surface area (Å²) in [7, 11) is 9.87. The molecule has 0 amide bonds. The third kappa shape index (κ3) is 6.04. The Morgan fingerprint density at radius 1 is 0.929 bits per heavy atom. The first-order chi connectivity index (χ1) is 13.4. The second-order valence-electron chi connectivity index (χ2n) is 6.91. The second kappa shape index (κ2) is 11.0. The fourth-order valence-corrected chi connectivity index (χ4v) is 3.05. The van der Waals surface area contributed by atoms with Crippen molar-refractivity contribution < 1.29 is 26.0 Å². The first-order valence-corrected chi connectivity index (χ1v) is 15.2. The molecule has 0 radical (unpaired) electrons. The van der Waals surface area contributed by atoms with Gasteiger partial charge in [-0.15, -0.1) is 0 Å². The molecule has 0 spiro atoms. The zero-order chi connectivity index (χ0) is 20.6. The van der Waals surface area contributed by atoms with E-state index in [0.29, 0.717) is 5.75 Å². The number of phenols is 1. The third-order valence-corrected chi connectivity index (χ3v) is 4.56. The minimum atomic E-state index is -0.826. The summed E-state index contributed by atoms with van der Waals surface area (Å²) in [6.45, 7) is 6.31. The summed E-state index contributed by atoms with van der Waals surface area (Å²) in [4.78, 5) is 4.49. The maximum absolute atomic E-state index is 10.9. The van der Waals surface area contributed by atoms with Crippen molar-refractivity contribution in [3.63, 3.8) is 0 Å². The van der Waals surface area contributed by atoms with Crippen molar-refractivity contribution >= 4 is 28.9 Å². The molecule has 0 aliphatic rings. The molecule has 0 aliphatic carbocycles. The summed E-state index contributed by atoms with van der Waals surface area (Å²) < 4.78 is 0. The molecule has 28 heavy (non-hydrogen) atoms. The molecule has 0 saturated heterocycles. The van der Waals surface area contributed by atoms with Crippen molar-refractivity contribution in [1.82, 2.24) is 0 Å². The first kappa shape index (κ1) is 22.9. The number of halogens is 2. The van der Waals surface area contributed by atoms with Crippen LogP contribution in [-0.2, 0) is 26.3 Å². The van der Waals surface area contributed by atoms with Crippen LogP contribution < -0.4 is 0 Å². The molecular formula is C23H23Cl2NOZr. The normalized spacial score (nSPS) is 11.0. The Morgan fingerprint density at radius 3 is 2.04 bits per heavy atom. The molecular weight excluding hydrogens is 468 g/mol. The molecule has 3 aromatic rings. The van der Waals surface area contributed by atoms with Crippen LogP contribution in [0.25, 0.3) is 0 Å². The molecule has 2 nitrogen and oxygen atoms in total. The van der Waals surface area contributed by atoms with Crippen LogP contribution in [0.3, 0.4) is 0 Å². The molecule has 144 valence electrons. The van der Waals surface area contributed by atoms with Crippen molar-refractivity contribution in [2.24, 2.45) is 4.99 Å². The fraction of sp³-hybridized carbons (Fsp3) is 0.174. The summed E-state index contributed by atoms with van der Waals surface area (Å²) >= 11 is -0.826. The number of phenolic OH excluding ortho intramolecular Hbond substituents is 1. The van der Waals surface area contributed by atoms with Crippen molar-refractivity contribution in [3.05, 3.63) is 95.1 Å². The van der Waals surface area contributed by atoms with Gasteiger partial charge in [-0.05, 0) is 36.2 Å². The van der Waals surface area contributed by atoms with Gasteiger partial charge in [0.1, 0.15) is 5.75 Å². The standard InChI is InChI=1S/C23H23NO.2ClH.Zr/c1-17-14-18(16-24-20-12-8-5-9-13-20)22(25)21(15-17)23(2,3)19-10-6-4-7-11-19;;;/h4-16,25H,1-3H3;2*1H;/q;;;+2/p-2. The van der Waals surface area contributed by atoms with E-state index >= 15 is 0 Å². The average molecular weight is 492 g/mol. The SMILES string of the molecule is Cc1cc(C=Nc2ccccc2)c(O)c(C(C)(C)c2ccccc2)c1.[Cl][Zr][Cl]. The van der Waals surface area contributed by atoms with E-state index in [-0.39, 0.29) is 5.41 Å². The van der Waals surface area contributed by atoms with E-state index in [1.54, 1.807) is 6.21 Å². The van der Waals surface area contributed by atoms with Gasteiger partial charge in [0.15, 0.2) is 0 Å².